The molecule has 76 valence electrons. The summed E-state index contributed by atoms with van der Waals surface area (Å²) < 4.78 is 1.19. The van der Waals surface area contributed by atoms with Crippen LogP contribution in [0, 0.1) is 5.92 Å². The Morgan fingerprint density at radius 2 is 2.07 bits per heavy atom. The highest BCUT2D eigenvalue weighted by Gasteiger charge is 2.30. The quantitative estimate of drug-likeness (QED) is 0.743. The van der Waals surface area contributed by atoms with Crippen molar-refractivity contribution in [2.45, 2.75) is 19.4 Å². The van der Waals surface area contributed by atoms with E-state index in [0.717, 1.165) is 5.92 Å². The van der Waals surface area contributed by atoms with E-state index < -0.39 is 0 Å². The van der Waals surface area contributed by atoms with E-state index in [1.807, 2.05) is 0 Å². The number of hydrogen-bond donors (Lipinski definition) is 0. The zero-order valence-corrected chi connectivity index (χ0v) is 10.5. The number of benzene rings is 1. The summed E-state index contributed by atoms with van der Waals surface area (Å²) >= 11 is 3.54. The molecule has 2 unspecified atom stereocenters. The molecular formula is C12H16BrN. The van der Waals surface area contributed by atoms with Gasteiger partial charge in [0, 0.05) is 10.5 Å². The summed E-state index contributed by atoms with van der Waals surface area (Å²) in [5.74, 6) is 0.731. The third kappa shape index (κ3) is 1.61. The third-order valence-electron chi connectivity index (χ3n) is 3.06. The van der Waals surface area contributed by atoms with Crippen LogP contribution in [0.1, 0.15) is 24.1 Å². The summed E-state index contributed by atoms with van der Waals surface area (Å²) in [4.78, 5) is 2.32. The van der Waals surface area contributed by atoms with Crippen molar-refractivity contribution in [1.82, 2.24) is 4.90 Å². The molecule has 1 aliphatic carbocycles. The van der Waals surface area contributed by atoms with Crippen LogP contribution in [-0.4, -0.2) is 19.0 Å². The second kappa shape index (κ2) is 3.67. The van der Waals surface area contributed by atoms with Crippen molar-refractivity contribution in [2.75, 3.05) is 14.1 Å². The highest BCUT2D eigenvalue weighted by Crippen LogP contribution is 2.39. The molecule has 14 heavy (non-hydrogen) atoms. The Labute approximate surface area is 94.2 Å². The molecule has 0 radical (unpaired) electrons. The van der Waals surface area contributed by atoms with E-state index in [9.17, 15) is 0 Å². The Kier molecular flexibility index (Phi) is 2.67. The van der Waals surface area contributed by atoms with Crippen molar-refractivity contribution in [3.8, 4) is 0 Å². The molecule has 0 aliphatic heterocycles. The molecule has 1 aromatic rings. The zero-order chi connectivity index (χ0) is 10.3. The van der Waals surface area contributed by atoms with Gasteiger partial charge < -0.3 is 4.90 Å². The fourth-order valence-corrected chi connectivity index (χ4v) is 2.96. The van der Waals surface area contributed by atoms with E-state index in [0.29, 0.717) is 6.04 Å². The maximum Gasteiger partial charge on any atom is 0.0373 e. The van der Waals surface area contributed by atoms with E-state index in [2.05, 4.69) is 60.0 Å². The van der Waals surface area contributed by atoms with Crippen LogP contribution in [0.5, 0.6) is 0 Å². The third-order valence-corrected chi connectivity index (χ3v) is 3.56. The minimum atomic E-state index is 0.586. The first-order valence-corrected chi connectivity index (χ1v) is 5.83. The molecule has 0 spiro atoms. The van der Waals surface area contributed by atoms with Crippen LogP contribution >= 0.6 is 15.9 Å². The molecule has 0 bridgehead atoms. The molecule has 0 saturated carbocycles. The zero-order valence-electron chi connectivity index (χ0n) is 8.92. The lowest BCUT2D eigenvalue weighted by molar-refractivity contribution is 0.241. The second-order valence-electron chi connectivity index (χ2n) is 4.43. The number of rotatable bonds is 1. The van der Waals surface area contributed by atoms with E-state index >= 15 is 0 Å². The lowest BCUT2D eigenvalue weighted by Gasteiger charge is -2.24. The van der Waals surface area contributed by atoms with Crippen molar-refractivity contribution in [3.63, 3.8) is 0 Å². The van der Waals surface area contributed by atoms with Crippen LogP contribution in [0.3, 0.4) is 0 Å². The summed E-state index contributed by atoms with van der Waals surface area (Å²) in [6.07, 6.45) is 1.21. The lowest BCUT2D eigenvalue weighted by Crippen LogP contribution is -2.22. The van der Waals surface area contributed by atoms with Crippen LogP contribution in [0.25, 0.3) is 0 Å². The standard InChI is InChI=1S/C12H16BrN/c1-8-6-9-4-5-10(13)7-11(9)12(8)14(2)3/h4-5,7-8,12H,6H2,1-3H3. The summed E-state index contributed by atoms with van der Waals surface area (Å²) in [5, 5.41) is 0. The topological polar surface area (TPSA) is 3.24 Å². The van der Waals surface area contributed by atoms with Gasteiger partial charge in [-0.1, -0.05) is 28.9 Å². The van der Waals surface area contributed by atoms with Crippen molar-refractivity contribution < 1.29 is 0 Å². The van der Waals surface area contributed by atoms with E-state index in [1.54, 1.807) is 0 Å². The Bertz CT molecular complexity index is 346. The molecule has 1 aromatic carbocycles. The number of halogens is 1. The smallest absolute Gasteiger partial charge is 0.0373 e. The molecule has 0 saturated heterocycles. The van der Waals surface area contributed by atoms with Crippen LogP contribution in [0.2, 0.25) is 0 Å². The fraction of sp³-hybridized carbons (Fsp3) is 0.500. The van der Waals surface area contributed by atoms with Gasteiger partial charge in [0.25, 0.3) is 0 Å². The molecule has 1 aliphatic rings. The van der Waals surface area contributed by atoms with Crippen LogP contribution < -0.4 is 0 Å². The first-order valence-electron chi connectivity index (χ1n) is 5.04. The number of nitrogens with zero attached hydrogens (tertiary/aromatic N) is 1. The van der Waals surface area contributed by atoms with Gasteiger partial charge in [-0.15, -0.1) is 0 Å². The van der Waals surface area contributed by atoms with Gasteiger partial charge in [0.15, 0.2) is 0 Å². The Morgan fingerprint density at radius 3 is 2.71 bits per heavy atom. The maximum absolute atomic E-state index is 3.54. The van der Waals surface area contributed by atoms with Crippen LogP contribution in [0.4, 0.5) is 0 Å². The van der Waals surface area contributed by atoms with Crippen molar-refractivity contribution in [2.24, 2.45) is 5.92 Å². The van der Waals surface area contributed by atoms with Crippen molar-refractivity contribution >= 4 is 15.9 Å². The normalized spacial score (nSPS) is 25.5. The van der Waals surface area contributed by atoms with Gasteiger partial charge in [0.1, 0.15) is 0 Å². The fourth-order valence-electron chi connectivity index (χ4n) is 2.58. The monoisotopic (exact) mass is 253 g/mol. The molecule has 2 rings (SSSR count). The largest absolute Gasteiger partial charge is 0.302 e. The predicted octanol–water partition coefficient (Wildman–Crippen LogP) is 3.24. The van der Waals surface area contributed by atoms with Gasteiger partial charge >= 0.3 is 0 Å². The minimum absolute atomic E-state index is 0.586. The highest BCUT2D eigenvalue weighted by atomic mass is 79.9. The molecule has 0 heterocycles. The van der Waals surface area contributed by atoms with Gasteiger partial charge in [-0.25, -0.2) is 0 Å². The highest BCUT2D eigenvalue weighted by molar-refractivity contribution is 9.10. The first-order chi connectivity index (χ1) is 6.59. The summed E-state index contributed by atoms with van der Waals surface area (Å²) in [6, 6.07) is 7.24. The van der Waals surface area contributed by atoms with E-state index in [-0.39, 0.29) is 0 Å². The first kappa shape index (κ1) is 10.2. The molecular weight excluding hydrogens is 238 g/mol. The van der Waals surface area contributed by atoms with E-state index in [4.69, 9.17) is 0 Å². The molecule has 0 N–H and O–H groups in total. The number of hydrogen-bond acceptors (Lipinski definition) is 1. The molecule has 2 atom stereocenters. The van der Waals surface area contributed by atoms with Gasteiger partial charge in [-0.05, 0) is 49.7 Å². The molecule has 1 nitrogen and oxygen atoms in total. The Hall–Kier alpha value is -0.340. The Balaban J connectivity index is 2.44. The van der Waals surface area contributed by atoms with E-state index in [1.165, 1.54) is 22.0 Å². The van der Waals surface area contributed by atoms with Gasteiger partial charge in [0.05, 0.1) is 0 Å². The average molecular weight is 254 g/mol. The number of fused-ring (bicyclic) bond motifs is 1. The van der Waals surface area contributed by atoms with Crippen molar-refractivity contribution in [3.05, 3.63) is 33.8 Å². The molecule has 0 aromatic heterocycles. The lowest BCUT2D eigenvalue weighted by atomic mass is 10.0. The maximum atomic E-state index is 3.54. The summed E-state index contributed by atoms with van der Waals surface area (Å²) in [6.45, 7) is 2.33. The van der Waals surface area contributed by atoms with Crippen LogP contribution in [-0.2, 0) is 6.42 Å². The summed E-state index contributed by atoms with van der Waals surface area (Å²) in [5.41, 5.74) is 3.01. The second-order valence-corrected chi connectivity index (χ2v) is 5.35. The molecule has 0 fully saturated rings. The SMILES string of the molecule is CC1Cc2ccc(Br)cc2C1N(C)C. The Morgan fingerprint density at radius 1 is 1.36 bits per heavy atom. The van der Waals surface area contributed by atoms with Gasteiger partial charge in [-0.3, -0.25) is 0 Å². The minimum Gasteiger partial charge on any atom is -0.302 e. The predicted molar refractivity (Wildman–Crippen MR) is 63.4 cm³/mol. The van der Waals surface area contributed by atoms with Crippen molar-refractivity contribution in [1.29, 1.82) is 0 Å². The molecule has 2 heteroatoms. The average Bonchev–Trinajstić information content (AvgIpc) is 2.40. The van der Waals surface area contributed by atoms with Gasteiger partial charge in [0.2, 0.25) is 0 Å². The van der Waals surface area contributed by atoms with Crippen LogP contribution in [0.15, 0.2) is 22.7 Å². The van der Waals surface area contributed by atoms with Gasteiger partial charge in [-0.2, -0.15) is 0 Å². The summed E-state index contributed by atoms with van der Waals surface area (Å²) in [7, 11) is 4.33. The molecule has 0 amide bonds.